The molecule has 4 fully saturated rings. The number of aliphatic hydroxyl groups excluding tert-OH is 2. The molecule has 0 radical (unpaired) electrons. The van der Waals surface area contributed by atoms with E-state index in [4.69, 9.17) is 55.9 Å². The number of aromatic amines is 1. The molecule has 8 heterocycles. The van der Waals surface area contributed by atoms with Gasteiger partial charge in [0.05, 0.1) is 110 Å². The van der Waals surface area contributed by atoms with Gasteiger partial charge in [-0.25, -0.2) is 23.7 Å². The molecule has 704 valence electrons. The van der Waals surface area contributed by atoms with Gasteiger partial charge in [-0.05, 0) is 201 Å². The minimum Gasteiger partial charge on any atom is -0.457 e. The molecule has 0 aliphatic carbocycles. The van der Waals surface area contributed by atoms with Crippen molar-refractivity contribution in [3.05, 3.63) is 260 Å². The van der Waals surface area contributed by atoms with E-state index in [0.717, 1.165) is 57.4 Å². The number of halogens is 6. The molecule has 6 amide bonds. The number of piperidine rings is 2. The first-order chi connectivity index (χ1) is 63.1. The maximum absolute atomic E-state index is 16.3. The van der Waals surface area contributed by atoms with Crippen molar-refractivity contribution in [2.75, 3.05) is 81.7 Å². The number of pyridine rings is 2. The van der Waals surface area contributed by atoms with Crippen molar-refractivity contribution in [1.29, 1.82) is 0 Å². The maximum Gasteiger partial charge on any atom is 0.228 e. The lowest BCUT2D eigenvalue weighted by Gasteiger charge is -2.50. The van der Waals surface area contributed by atoms with Crippen LogP contribution < -0.4 is 14.5 Å². The molecular formula is C100H115Cl4F2N14O13+. The van der Waals surface area contributed by atoms with E-state index in [2.05, 4.69) is 19.9 Å². The molecule has 14 rings (SSSR count). The Bertz CT molecular complexity index is 5440. The summed E-state index contributed by atoms with van der Waals surface area (Å²) in [5.41, 5.74) is 4.72. The zero-order valence-corrected chi connectivity index (χ0v) is 79.4. The largest absolute Gasteiger partial charge is 0.457 e. The standard InChI is InChI=1S/2C50H56Cl2FN7O6.H2O/c2*1-32-44(62)22-36(30-61)48(64)58(5)50(26-33-10-14-37(51)15-11-33)18-8-20-59(31-50)49(65)35(21-39-9-6-7-19-54-39)23-47(63)60(32)28-41-42(53)24-38(52)25-45(41)66-40-16-12-34(13-17-40)43-27-55-46(57(43)4)29-56(2)3;/h2*6-7,9-17,19,24-25,27,32,35-36,61H,8,18,20-23,26,28-31H2,1-5H3;1H2/p+1/t2*32-,35+,36-,50+;/m00./s1. The molecule has 133 heavy (non-hydrogen) atoms. The number of nitrogens with one attached hydrogen (secondary N) is 1. The Kier molecular flexibility index (Phi) is 33.8. The Hall–Kier alpha value is -11.4. The van der Waals surface area contributed by atoms with Gasteiger partial charge in [-0.3, -0.25) is 43.3 Å². The number of amides is 6. The van der Waals surface area contributed by atoms with E-state index < -0.39 is 133 Å². The zero-order chi connectivity index (χ0) is 94.6. The highest BCUT2D eigenvalue weighted by Gasteiger charge is 2.49. The summed E-state index contributed by atoms with van der Waals surface area (Å²) in [5, 5.41) is 22.6. The monoisotopic (exact) mass is 1900 g/mol. The van der Waals surface area contributed by atoms with E-state index in [0.29, 0.717) is 97.6 Å². The second-order valence-electron chi connectivity index (χ2n) is 35.7. The summed E-state index contributed by atoms with van der Waals surface area (Å²) in [6, 6.07) is 42.5. The first-order valence-electron chi connectivity index (χ1n) is 44.3. The molecule has 4 aliphatic heterocycles. The maximum atomic E-state index is 16.3. The number of Topliss-reactive ketones (excluding diaryl/α,β-unsaturated/α-hetero) is 2. The van der Waals surface area contributed by atoms with Crippen LogP contribution in [0.25, 0.3) is 22.5 Å². The average molecular weight is 1900 g/mol. The topological polar surface area (TPSA) is 316 Å². The molecule has 5 N–H and O–H groups in total. The summed E-state index contributed by atoms with van der Waals surface area (Å²) in [5.74, 6) is -6.89. The summed E-state index contributed by atoms with van der Waals surface area (Å²) < 4.78 is 49.3. The molecule has 4 aromatic heterocycles. The van der Waals surface area contributed by atoms with E-state index in [1.807, 2.05) is 128 Å². The van der Waals surface area contributed by atoms with Gasteiger partial charge >= 0.3 is 0 Å². The fraction of sp³-hybridized carbons (Fsp3) is 0.400. The molecule has 6 aromatic carbocycles. The van der Waals surface area contributed by atoms with E-state index in [1.54, 1.807) is 125 Å². The fourth-order valence-corrected chi connectivity index (χ4v) is 19.0. The van der Waals surface area contributed by atoms with Crippen LogP contribution in [0, 0.1) is 35.3 Å². The first-order valence-corrected chi connectivity index (χ1v) is 45.8. The summed E-state index contributed by atoms with van der Waals surface area (Å²) in [4.78, 5) is 148. The third kappa shape index (κ3) is 24.2. The van der Waals surface area contributed by atoms with Gasteiger partial charge in [0.15, 0.2) is 23.5 Å². The Morgan fingerprint density at radius 3 is 1.29 bits per heavy atom. The minimum atomic E-state index is -1.22. The molecular weight excluding hydrogens is 1780 g/mol. The van der Waals surface area contributed by atoms with Crippen molar-refractivity contribution in [1.82, 2.24) is 63.3 Å². The molecule has 27 nitrogen and oxygen atoms in total. The number of imidazole rings is 2. The van der Waals surface area contributed by atoms with Crippen molar-refractivity contribution in [3.63, 3.8) is 0 Å². The number of hydrogen-bond donors (Lipinski definition) is 2. The summed E-state index contributed by atoms with van der Waals surface area (Å²) >= 11 is 25.3. The predicted molar refractivity (Wildman–Crippen MR) is 503 cm³/mol. The number of fused-ring (bicyclic) bond motifs is 4. The van der Waals surface area contributed by atoms with Gasteiger partial charge in [-0.2, -0.15) is 0 Å². The zero-order valence-electron chi connectivity index (χ0n) is 76.4. The van der Waals surface area contributed by atoms with E-state index in [1.165, 1.54) is 35.8 Å². The third-order valence-electron chi connectivity index (χ3n) is 26.0. The normalized spacial score (nSPS) is 21.0. The lowest BCUT2D eigenvalue weighted by Crippen LogP contribution is -2.63. The number of hydrogen-bond acceptors (Lipinski definition) is 17. The Balaban J connectivity index is 0.000000238. The van der Waals surface area contributed by atoms with Crippen LogP contribution in [0.3, 0.4) is 0 Å². The van der Waals surface area contributed by atoms with Crippen LogP contribution in [-0.2, 0) is 104 Å². The molecule has 33 heteroatoms. The number of aliphatic hydroxyl groups is 2. The number of ketones is 2. The van der Waals surface area contributed by atoms with Crippen LogP contribution in [-0.4, -0.2) is 231 Å². The number of nitrogens with zero attached hydrogens (tertiary/aromatic N) is 13. The first kappa shape index (κ1) is 101. The number of carbonyl (C=O) groups excluding carboxylic acids is 8. The van der Waals surface area contributed by atoms with Crippen LogP contribution in [0.2, 0.25) is 20.1 Å². The van der Waals surface area contributed by atoms with Crippen molar-refractivity contribution in [2.45, 2.75) is 140 Å². The Labute approximate surface area is 793 Å². The molecule has 4 saturated heterocycles. The molecule has 4 bridgehead atoms. The lowest BCUT2D eigenvalue weighted by atomic mass is 9.80. The average Bonchev–Trinajstić information content (AvgIpc) is 1.67. The molecule has 0 spiro atoms. The van der Waals surface area contributed by atoms with Gasteiger partial charge in [-0.15, -0.1) is 0 Å². The number of H-pyrrole nitrogens is 1. The molecule has 8 atom stereocenters. The van der Waals surface area contributed by atoms with Gasteiger partial charge in [0.1, 0.15) is 46.3 Å². The SMILES string of the molecule is C[C@H]1C(=O)C[C@@H](CO)C(=O)N(C)[C@@]2(Cc3ccc(Cl)cc3)CCCN(C2)C(=O)[C@H](Cc2cccc[nH+]2)CC(=O)N1Cc1c(F)cc(Cl)cc1Oc1ccc(-c2cnc(CN(C)C)n2C)cc1.C[C@H]1C(=O)C[C@@H](CO)C(=O)N(C)[C@@]2(Cc3ccc(Cl)cc3)CCCN(C2)C(=O)[C@H](Cc2ccccn2)CC(=O)N1Cc1c(F)cc(Cl)cc1Oc1ccc(-c2cnc(CN(C)C)n2C)cc1.O. The lowest BCUT2D eigenvalue weighted by molar-refractivity contribution is -0.391. The van der Waals surface area contributed by atoms with Crippen LogP contribution >= 0.6 is 46.4 Å². The van der Waals surface area contributed by atoms with Crippen molar-refractivity contribution >= 4 is 93.4 Å². The minimum absolute atomic E-state index is 0. The van der Waals surface area contributed by atoms with Gasteiger partial charge < -0.3 is 73.5 Å². The molecule has 0 unspecified atom stereocenters. The number of aromatic nitrogens is 6. The highest BCUT2D eigenvalue weighted by Crippen LogP contribution is 2.42. The number of likely N-dealkylation sites (N-methyl/N-ethyl adjacent to an activating group) is 2. The van der Waals surface area contributed by atoms with E-state index in [9.17, 15) is 48.6 Å². The van der Waals surface area contributed by atoms with Crippen LogP contribution in [0.1, 0.15) is 111 Å². The fourth-order valence-electron chi connectivity index (χ4n) is 18.4. The Morgan fingerprint density at radius 2 is 0.902 bits per heavy atom. The molecule has 0 saturated carbocycles. The van der Waals surface area contributed by atoms with Gasteiger partial charge in [0.2, 0.25) is 35.4 Å². The van der Waals surface area contributed by atoms with Gasteiger partial charge in [0.25, 0.3) is 0 Å². The van der Waals surface area contributed by atoms with Crippen molar-refractivity contribution in [3.8, 4) is 45.5 Å². The van der Waals surface area contributed by atoms with Crippen LogP contribution in [0.5, 0.6) is 23.0 Å². The molecule has 4 aliphatic rings. The van der Waals surface area contributed by atoms with E-state index >= 15 is 8.78 Å². The van der Waals surface area contributed by atoms with Crippen LogP contribution in [0.15, 0.2) is 183 Å². The smallest absolute Gasteiger partial charge is 0.228 e. The molecule has 10 aromatic rings. The number of benzene rings is 6. The predicted octanol–water partition coefficient (Wildman–Crippen LogP) is 13.4. The second kappa shape index (κ2) is 44.6. The highest BCUT2D eigenvalue weighted by molar-refractivity contribution is 6.31. The Morgan fingerprint density at radius 1 is 0.489 bits per heavy atom. The van der Waals surface area contributed by atoms with Gasteiger partial charge in [-0.1, -0.05) is 82.8 Å². The second-order valence-corrected chi connectivity index (χ2v) is 37.4. The summed E-state index contributed by atoms with van der Waals surface area (Å²) in [7, 11) is 15.1. The van der Waals surface area contributed by atoms with Crippen molar-refractivity contribution < 1.29 is 77.3 Å². The van der Waals surface area contributed by atoms with Crippen LogP contribution in [0.4, 0.5) is 8.78 Å². The highest BCUT2D eigenvalue weighted by atomic mass is 35.5. The number of carbonyl (C=O) groups is 8. The third-order valence-corrected chi connectivity index (χ3v) is 26.9. The summed E-state index contributed by atoms with van der Waals surface area (Å²) in [6.07, 6.45) is 8.78. The van der Waals surface area contributed by atoms with E-state index in [-0.39, 0.29) is 88.7 Å². The number of rotatable bonds is 24. The quantitative estimate of drug-likeness (QED) is 0.0568. The van der Waals surface area contributed by atoms with Crippen molar-refractivity contribution in [2.24, 2.45) is 37.8 Å². The summed E-state index contributed by atoms with van der Waals surface area (Å²) in [6.45, 7) is 3.29. The van der Waals surface area contributed by atoms with Gasteiger partial charge in [0, 0.05) is 159 Å². The number of ether oxygens (including phenoxy) is 2.